The highest BCUT2D eigenvalue weighted by atomic mass is 31.2. The number of hydrogen-bond acceptors (Lipinski definition) is 10. The predicted octanol–water partition coefficient (Wildman–Crippen LogP) is 11.4. The predicted molar refractivity (Wildman–Crippen MR) is 220 cm³/mol. The van der Waals surface area contributed by atoms with Gasteiger partial charge in [0.1, 0.15) is 11.5 Å². The van der Waals surface area contributed by atoms with Crippen LogP contribution in [0.3, 0.4) is 0 Å². The Hall–Kier alpha value is -3.86. The van der Waals surface area contributed by atoms with Gasteiger partial charge in [0.05, 0.1) is 21.3 Å². The average Bonchev–Trinajstić information content (AvgIpc) is 4.09. The minimum Gasteiger partial charge on any atom is -0.402 e. The zero-order valence-electron chi connectivity index (χ0n) is 34.0. The van der Waals surface area contributed by atoms with Gasteiger partial charge >= 0.3 is 15.6 Å². The van der Waals surface area contributed by atoms with Crippen LogP contribution in [0.5, 0.6) is 11.5 Å². The van der Waals surface area contributed by atoms with Gasteiger partial charge in [-0.3, -0.25) is 4.89 Å². The Bertz CT molecular complexity index is 2700. The third kappa shape index (κ3) is 4.98. The quantitative estimate of drug-likeness (QED) is 0.0880. The zero-order valence-corrected chi connectivity index (χ0v) is 35.8. The molecule has 6 bridgehead atoms. The number of benzene rings is 4. The molecule has 5 unspecified atom stereocenters. The van der Waals surface area contributed by atoms with Gasteiger partial charge < -0.3 is 9.05 Å². The second kappa shape index (κ2) is 13.1. The van der Waals surface area contributed by atoms with Crippen molar-refractivity contribution in [2.24, 2.45) is 5.41 Å². The summed E-state index contributed by atoms with van der Waals surface area (Å²) < 4.78 is 56.3. The first-order chi connectivity index (χ1) is 29.0. The Kier molecular flexibility index (Phi) is 8.26. The maximum atomic E-state index is 14.5. The molecule has 0 heterocycles. The van der Waals surface area contributed by atoms with Crippen LogP contribution in [0.2, 0.25) is 0 Å². The van der Waals surface area contributed by atoms with Gasteiger partial charge in [-0.15, -0.1) is 14.0 Å². The summed E-state index contributed by atoms with van der Waals surface area (Å²) in [5, 5.41) is 0. The number of phosphoric ester groups is 1. The molecule has 0 aliphatic heterocycles. The Morgan fingerprint density at radius 2 is 1.08 bits per heavy atom. The van der Waals surface area contributed by atoms with E-state index in [0.717, 1.165) is 36.0 Å². The van der Waals surface area contributed by atoms with Gasteiger partial charge in [0, 0.05) is 51.7 Å². The number of fused-ring (bicyclic) bond motifs is 13. The van der Waals surface area contributed by atoms with Crippen LogP contribution in [-0.2, 0) is 37.8 Å². The van der Waals surface area contributed by atoms with Gasteiger partial charge in [-0.2, -0.15) is 0 Å². The second-order valence-corrected chi connectivity index (χ2v) is 20.6. The SMILES string of the molecule is COOP(=O)(O)Oc1c(C)c([C@@H]2CC(C)c3cc4c(cc32)[C@@H]2CC4C23C=CC=C3)c(OP(=O)(OOC)OOC)c2c1C1C[C@@H]2c2cc3c(cc21)C1CC[C@@H]3c2ccccc21. The molecular weight excluding hydrogens is 802 g/mol. The summed E-state index contributed by atoms with van der Waals surface area (Å²) in [6, 6.07) is 18.4. The van der Waals surface area contributed by atoms with Crippen LogP contribution in [0, 0.1) is 12.3 Å². The van der Waals surface area contributed by atoms with Crippen LogP contribution < -0.4 is 9.05 Å². The fourth-order valence-electron chi connectivity index (χ4n) is 13.5. The van der Waals surface area contributed by atoms with Gasteiger partial charge in [0.25, 0.3) is 0 Å². The van der Waals surface area contributed by atoms with Crippen molar-refractivity contribution < 1.29 is 51.8 Å². The maximum Gasteiger partial charge on any atom is 0.585 e. The van der Waals surface area contributed by atoms with E-state index in [0.29, 0.717) is 64.5 Å². The highest BCUT2D eigenvalue weighted by Gasteiger charge is 2.61. The molecule has 13 heteroatoms. The van der Waals surface area contributed by atoms with Crippen LogP contribution in [-0.4, -0.2) is 26.2 Å². The van der Waals surface area contributed by atoms with Crippen molar-refractivity contribution in [1.82, 2.24) is 0 Å². The Morgan fingerprint density at radius 3 is 1.67 bits per heavy atom. The molecule has 4 aromatic carbocycles. The Morgan fingerprint density at radius 1 is 0.583 bits per heavy atom. The lowest BCUT2D eigenvalue weighted by Crippen LogP contribution is -2.35. The van der Waals surface area contributed by atoms with E-state index < -0.39 is 15.6 Å². The van der Waals surface area contributed by atoms with E-state index in [1.54, 1.807) is 0 Å². The summed E-state index contributed by atoms with van der Waals surface area (Å²) >= 11 is 0. The molecule has 310 valence electrons. The standard InChI is InChI=1S/C47H46O11P2/c1-23-16-37(32-20-36-35(17-29(23)32)40-22-41(36)47(40)14-8-9-15-47)42-24(2)45(54-59(48,49)56-51-3)43-38-21-39(44(43)46(42)55-60(50,57-52-4)58-53-5)34-19-31-28-13-12-27(30(31)18-33(34)38)25-10-6-7-11-26(25)28/h6-11,14-15,17-20,23,27-28,37-41H,12-13,16,21-22H2,1-5H3,(H,48,49)/t23?,27?,28-,37-,38?,39-,40?,41+/m1/s1. The third-order valence-corrected chi connectivity index (χ3v) is 17.4. The van der Waals surface area contributed by atoms with E-state index in [4.69, 9.17) is 37.7 Å². The first-order valence-corrected chi connectivity index (χ1v) is 24.0. The molecule has 9 aliphatic rings. The first-order valence-electron chi connectivity index (χ1n) is 21.0. The highest BCUT2D eigenvalue weighted by Crippen LogP contribution is 2.74. The summed E-state index contributed by atoms with van der Waals surface area (Å²) in [7, 11) is -5.76. The monoisotopic (exact) mass is 848 g/mol. The topological polar surface area (TPSA) is 128 Å². The van der Waals surface area contributed by atoms with Crippen LogP contribution in [0.25, 0.3) is 0 Å². The molecule has 9 atom stereocenters. The molecule has 1 spiro atoms. The lowest BCUT2D eigenvalue weighted by atomic mass is 9.57. The third-order valence-electron chi connectivity index (χ3n) is 15.6. The fraction of sp³-hybridized carbons (Fsp3) is 0.404. The zero-order chi connectivity index (χ0) is 41.0. The van der Waals surface area contributed by atoms with Crippen molar-refractivity contribution in [3.8, 4) is 11.5 Å². The van der Waals surface area contributed by atoms with E-state index in [1.165, 1.54) is 60.3 Å². The van der Waals surface area contributed by atoms with E-state index >= 15 is 0 Å². The van der Waals surface area contributed by atoms with Crippen molar-refractivity contribution in [3.63, 3.8) is 0 Å². The molecule has 0 radical (unpaired) electrons. The van der Waals surface area contributed by atoms with Gasteiger partial charge in [-0.05, 0) is 118 Å². The number of phosphoric acid groups is 2. The summed E-state index contributed by atoms with van der Waals surface area (Å²) in [6.07, 6.45) is 13.7. The van der Waals surface area contributed by atoms with E-state index in [-0.39, 0.29) is 34.8 Å². The van der Waals surface area contributed by atoms with Gasteiger partial charge in [-0.1, -0.05) is 79.8 Å². The number of allylic oxidation sites excluding steroid dienone is 4. The van der Waals surface area contributed by atoms with Gasteiger partial charge in [-0.25, -0.2) is 23.8 Å². The molecule has 4 aromatic rings. The number of rotatable bonds is 11. The minimum atomic E-state index is -4.80. The molecule has 1 N–H and O–H groups in total. The van der Waals surface area contributed by atoms with Crippen LogP contribution in [0.15, 0.2) is 72.8 Å². The summed E-state index contributed by atoms with van der Waals surface area (Å²) in [5.41, 5.74) is 15.7. The Labute approximate surface area is 348 Å². The summed E-state index contributed by atoms with van der Waals surface area (Å²) in [6.45, 7) is 4.11. The van der Waals surface area contributed by atoms with Crippen LogP contribution in [0.4, 0.5) is 0 Å². The van der Waals surface area contributed by atoms with Crippen LogP contribution >= 0.6 is 15.6 Å². The van der Waals surface area contributed by atoms with E-state index in [1.807, 2.05) is 6.92 Å². The maximum absolute atomic E-state index is 14.5. The molecule has 13 rings (SSSR count). The molecule has 0 saturated heterocycles. The van der Waals surface area contributed by atoms with Gasteiger partial charge in [0.2, 0.25) is 0 Å². The van der Waals surface area contributed by atoms with Crippen molar-refractivity contribution in [1.29, 1.82) is 0 Å². The van der Waals surface area contributed by atoms with Crippen molar-refractivity contribution in [2.75, 3.05) is 21.3 Å². The summed E-state index contributed by atoms with van der Waals surface area (Å²) in [4.78, 5) is 25.8. The summed E-state index contributed by atoms with van der Waals surface area (Å²) in [5.74, 6) is 1.43. The van der Waals surface area contributed by atoms with Crippen LogP contribution in [0.1, 0.15) is 164 Å². The smallest absolute Gasteiger partial charge is 0.402 e. The fourth-order valence-corrected chi connectivity index (χ4v) is 15.0. The molecule has 60 heavy (non-hydrogen) atoms. The molecule has 1 fully saturated rings. The van der Waals surface area contributed by atoms with Gasteiger partial charge in [0.15, 0.2) is 0 Å². The molecule has 9 aliphatic carbocycles. The average molecular weight is 849 g/mol. The highest BCUT2D eigenvalue weighted by molar-refractivity contribution is 7.48. The Balaban J connectivity index is 1.08. The lowest BCUT2D eigenvalue weighted by molar-refractivity contribution is -0.253. The van der Waals surface area contributed by atoms with Crippen molar-refractivity contribution in [2.45, 2.75) is 93.3 Å². The van der Waals surface area contributed by atoms with Crippen molar-refractivity contribution in [3.05, 3.63) is 151 Å². The van der Waals surface area contributed by atoms with E-state index in [9.17, 15) is 14.0 Å². The molecular formula is C47H46O11P2. The first kappa shape index (κ1) is 37.9. The molecule has 1 saturated carbocycles. The minimum absolute atomic E-state index is 0.0353. The van der Waals surface area contributed by atoms with E-state index in [2.05, 4.69) is 79.8 Å². The lowest BCUT2D eigenvalue weighted by Gasteiger charge is -2.45. The normalized spacial score (nSPS) is 29.2. The molecule has 0 aromatic heterocycles. The number of hydrogen-bond donors (Lipinski definition) is 1. The second-order valence-electron chi connectivity index (χ2n) is 18.0. The molecule has 0 amide bonds. The largest absolute Gasteiger partial charge is 0.585 e. The molecule has 11 nitrogen and oxygen atoms in total. The van der Waals surface area contributed by atoms with Crippen molar-refractivity contribution >= 4 is 15.6 Å².